The van der Waals surface area contributed by atoms with E-state index < -0.39 is 36.1 Å². The number of allylic oxidation sites excluding steroid dienone is 6. The number of hydrogen-bond acceptors (Lipinski definition) is 6. The first-order valence-corrected chi connectivity index (χ1v) is 23.0. The van der Waals surface area contributed by atoms with E-state index in [1.54, 1.807) is 18.2 Å². The average molecular weight is 822 g/mol. The van der Waals surface area contributed by atoms with Gasteiger partial charge in [-0.15, -0.1) is 0 Å². The number of benzene rings is 4. The maximum absolute atomic E-state index is 12.3. The monoisotopic (exact) mass is 821 g/mol. The number of halogens is 1. The zero-order valence-corrected chi connectivity index (χ0v) is 32.7. The van der Waals surface area contributed by atoms with Gasteiger partial charge in [0.15, 0.2) is 6.54 Å². The summed E-state index contributed by atoms with van der Waals surface area (Å²) in [5.74, 6) is -0.354. The first-order valence-electron chi connectivity index (χ1n) is 18.0. The summed E-state index contributed by atoms with van der Waals surface area (Å²) in [5, 5.41) is 5.66. The molecule has 3 N–H and O–H groups in total. The highest BCUT2D eigenvalue weighted by Crippen LogP contribution is 2.50. The fourth-order valence-electron chi connectivity index (χ4n) is 8.81. The predicted molar refractivity (Wildman–Crippen MR) is 215 cm³/mol. The molecule has 2 bridgehead atoms. The van der Waals surface area contributed by atoms with Crippen molar-refractivity contribution < 1.29 is 43.5 Å². The Kier molecular flexibility index (Phi) is 9.68. The van der Waals surface area contributed by atoms with Crippen LogP contribution in [0.15, 0.2) is 106 Å². The first kappa shape index (κ1) is 37.8. The molecule has 1 aliphatic heterocycles. The zero-order valence-electron chi connectivity index (χ0n) is 29.5. The first-order chi connectivity index (χ1) is 26.1. The van der Waals surface area contributed by atoms with Gasteiger partial charge in [-0.1, -0.05) is 66.2 Å². The summed E-state index contributed by atoms with van der Waals surface area (Å²) in [6.07, 6.45) is 11.1. The Hall–Kier alpha value is -4.15. The van der Waals surface area contributed by atoms with Crippen molar-refractivity contribution >= 4 is 91.9 Å². The molecule has 11 nitrogen and oxygen atoms in total. The Balaban J connectivity index is 1.23. The van der Waals surface area contributed by atoms with Crippen molar-refractivity contribution in [2.75, 3.05) is 18.1 Å². The Morgan fingerprint density at radius 3 is 2.20 bits per heavy atom. The van der Waals surface area contributed by atoms with Gasteiger partial charge in [0, 0.05) is 57.2 Å². The van der Waals surface area contributed by atoms with E-state index in [4.69, 9.17) is 11.6 Å². The standard InChI is InChI=1S/C40H37ClN2O9S3/c41-40-28(14-16-33-30-8-1-6-25-7-2-11-35(38(25)30)42(33)20-4-22-53(44,45)46)26-12-13-27(24-26)29(40)15-17-34-31-9-3-10-32-37(55(50,51)52)19-18-36(39(31)32)43(34)21-5-23-54(47,48)49/h1-3,6-11,14-19,26-27H,4-5,12-13,20-24H2,(H2-,44,45,46,47,48,49,50,51,52)/p+1. The highest BCUT2D eigenvalue weighted by Gasteiger charge is 2.38. The van der Waals surface area contributed by atoms with Crippen LogP contribution in [0.5, 0.6) is 0 Å². The molecule has 1 aromatic heterocycles. The molecule has 0 saturated heterocycles. The zero-order chi connectivity index (χ0) is 38.9. The summed E-state index contributed by atoms with van der Waals surface area (Å²) in [4.78, 5) is -0.228. The lowest BCUT2D eigenvalue weighted by molar-refractivity contribution is -0.435. The van der Waals surface area contributed by atoms with Crippen LogP contribution in [0.3, 0.4) is 0 Å². The number of rotatable bonds is 12. The second kappa shape index (κ2) is 14.1. The normalized spacial score (nSPS) is 20.2. The van der Waals surface area contributed by atoms with Crippen molar-refractivity contribution in [1.29, 1.82) is 0 Å². The van der Waals surface area contributed by atoms with Crippen molar-refractivity contribution in [2.24, 2.45) is 11.8 Å². The molecule has 8 rings (SSSR count). The van der Waals surface area contributed by atoms with E-state index in [1.165, 1.54) is 6.07 Å². The number of aryl methyl sites for hydroxylation is 1. The van der Waals surface area contributed by atoms with Gasteiger partial charge >= 0.3 is 0 Å². The maximum atomic E-state index is 12.3. The van der Waals surface area contributed by atoms with Crippen molar-refractivity contribution in [3.05, 3.63) is 112 Å². The van der Waals surface area contributed by atoms with Crippen molar-refractivity contribution in [3.63, 3.8) is 0 Å². The number of aromatic nitrogens is 1. The smallest absolute Gasteiger partial charge is 0.295 e. The molecule has 15 heteroatoms. The second-order valence-corrected chi connectivity index (χ2v) is 19.3. The molecule has 2 aliphatic carbocycles. The van der Waals surface area contributed by atoms with Crippen LogP contribution in [0.2, 0.25) is 0 Å². The minimum Gasteiger partial charge on any atom is -0.340 e. The Bertz CT molecular complexity index is 2960. The minimum atomic E-state index is -4.54. The third kappa shape index (κ3) is 7.21. The highest BCUT2D eigenvalue weighted by molar-refractivity contribution is 7.86. The predicted octanol–water partition coefficient (Wildman–Crippen LogP) is 6.80. The third-order valence-electron chi connectivity index (χ3n) is 11.1. The van der Waals surface area contributed by atoms with Crippen LogP contribution in [0, 0.1) is 11.8 Å². The average Bonchev–Trinajstić information content (AvgIpc) is 3.77. The van der Waals surface area contributed by atoms with Gasteiger partial charge in [0.25, 0.3) is 30.4 Å². The molecule has 55 heavy (non-hydrogen) atoms. The number of fused-ring (bicyclic) bond motifs is 2. The maximum Gasteiger partial charge on any atom is 0.295 e. The Morgan fingerprint density at radius 1 is 0.764 bits per heavy atom. The summed E-state index contributed by atoms with van der Waals surface area (Å²) >= 11 is 7.31. The topological polar surface area (TPSA) is 171 Å². The van der Waals surface area contributed by atoms with E-state index in [0.717, 1.165) is 57.4 Å². The number of nitrogens with zero attached hydrogens (tertiary/aromatic N) is 2. The summed E-state index contributed by atoms with van der Waals surface area (Å²) in [5.41, 5.74) is 4.98. The number of hydrogen-bond donors (Lipinski definition) is 3. The summed E-state index contributed by atoms with van der Waals surface area (Å²) in [6.45, 7) is 0.590. The van der Waals surface area contributed by atoms with E-state index in [9.17, 15) is 38.9 Å². The van der Waals surface area contributed by atoms with Crippen LogP contribution in [0.4, 0.5) is 5.69 Å². The van der Waals surface area contributed by atoms with Crippen LogP contribution in [-0.4, -0.2) is 71.8 Å². The summed E-state index contributed by atoms with van der Waals surface area (Å²) in [6, 6.07) is 20.2. The van der Waals surface area contributed by atoms with Gasteiger partial charge in [0.1, 0.15) is 4.90 Å². The van der Waals surface area contributed by atoms with Gasteiger partial charge < -0.3 is 4.57 Å². The lowest BCUT2D eigenvalue weighted by Gasteiger charge is -2.24. The molecule has 286 valence electrons. The van der Waals surface area contributed by atoms with Gasteiger partial charge in [-0.25, -0.2) is 0 Å². The molecule has 2 atom stereocenters. The molecule has 0 amide bonds. The van der Waals surface area contributed by atoms with Gasteiger partial charge in [-0.3, -0.25) is 13.7 Å². The van der Waals surface area contributed by atoms with Crippen molar-refractivity contribution in [3.8, 4) is 0 Å². The molecule has 0 radical (unpaired) electrons. The van der Waals surface area contributed by atoms with Gasteiger partial charge in [0.05, 0.1) is 22.5 Å². The van der Waals surface area contributed by atoms with Gasteiger partial charge in [0.2, 0.25) is 11.4 Å². The molecule has 2 unspecified atom stereocenters. The molecular formula is C40H38ClN2O9S3+. The van der Waals surface area contributed by atoms with Crippen LogP contribution in [-0.2, 0) is 36.9 Å². The van der Waals surface area contributed by atoms with Crippen LogP contribution >= 0.6 is 11.6 Å². The van der Waals surface area contributed by atoms with E-state index >= 15 is 0 Å². The lowest BCUT2D eigenvalue weighted by Crippen LogP contribution is -2.19. The minimum absolute atomic E-state index is 0.103. The van der Waals surface area contributed by atoms with E-state index in [1.807, 2.05) is 59.2 Å². The fraction of sp³-hybridized carbons (Fsp3) is 0.275. The Labute approximate surface area is 323 Å². The van der Waals surface area contributed by atoms with E-state index in [2.05, 4.69) is 16.7 Å². The van der Waals surface area contributed by atoms with Crippen LogP contribution in [0.1, 0.15) is 37.7 Å². The molecule has 5 aromatic rings. The van der Waals surface area contributed by atoms with E-state index in [-0.39, 0.29) is 41.9 Å². The van der Waals surface area contributed by atoms with E-state index in [0.29, 0.717) is 39.3 Å². The molecule has 3 aliphatic rings. The van der Waals surface area contributed by atoms with Gasteiger partial charge in [-0.05, 0) is 78.3 Å². The molecule has 1 fully saturated rings. The second-order valence-electron chi connectivity index (χ2n) is 14.4. The third-order valence-corrected chi connectivity index (χ3v) is 14.0. The highest BCUT2D eigenvalue weighted by atomic mass is 35.5. The van der Waals surface area contributed by atoms with Crippen molar-refractivity contribution in [1.82, 2.24) is 4.57 Å². The molecule has 2 heterocycles. The summed E-state index contributed by atoms with van der Waals surface area (Å²) in [7, 11) is -12.9. The molecular weight excluding hydrogens is 784 g/mol. The van der Waals surface area contributed by atoms with Crippen molar-refractivity contribution in [2.45, 2.75) is 43.5 Å². The quantitative estimate of drug-likeness (QED) is 0.0905. The lowest BCUT2D eigenvalue weighted by atomic mass is 9.84. The largest absolute Gasteiger partial charge is 0.340 e. The Morgan fingerprint density at radius 2 is 1.45 bits per heavy atom. The summed E-state index contributed by atoms with van der Waals surface area (Å²) < 4.78 is 104. The van der Waals surface area contributed by atoms with Gasteiger partial charge in [-0.2, -0.15) is 29.8 Å². The fourth-order valence-corrected chi connectivity index (χ4v) is 10.9. The van der Waals surface area contributed by atoms with Crippen LogP contribution < -0.4 is 5.35 Å². The molecule has 0 spiro atoms. The van der Waals surface area contributed by atoms with Crippen LogP contribution in [0.25, 0.3) is 38.5 Å². The SMILES string of the molecule is O=S(=O)(O)CCCn1c(=CC=C2C(Cl)=C(C=CC3=[N+](CCCS(=O)(=O)O)c4ccc(S(=O)(=O)O)c5cccc3c45)C3CCC2C3)c2cccc3cccc1c32. The molecule has 4 aromatic carbocycles. The molecule has 1 saturated carbocycles.